The maximum absolute atomic E-state index is 13.8. The molecule has 1 aromatic heterocycles. The first kappa shape index (κ1) is 19.2. The second-order valence-electron chi connectivity index (χ2n) is 6.38. The highest BCUT2D eigenvalue weighted by Crippen LogP contribution is 2.23. The molecule has 0 fully saturated rings. The molecule has 3 N–H and O–H groups in total. The van der Waals surface area contributed by atoms with Crippen molar-refractivity contribution in [2.75, 3.05) is 11.6 Å². The number of carbonyl (C=O) groups excluding carboxylic acids is 1. The molecule has 8 heteroatoms. The van der Waals surface area contributed by atoms with Gasteiger partial charge in [-0.25, -0.2) is 9.07 Å². The first-order valence-corrected chi connectivity index (χ1v) is 9.24. The fraction of sp³-hybridized carbons (Fsp3) is 0.471. The number of thioether (sulfide) groups is 1. The van der Waals surface area contributed by atoms with E-state index in [4.69, 9.17) is 5.84 Å². The molecular weight excluding hydrogens is 341 g/mol. The lowest BCUT2D eigenvalue weighted by Crippen LogP contribution is -2.34. The van der Waals surface area contributed by atoms with Gasteiger partial charge < -0.3 is 11.2 Å². The standard InChI is InChI=1S/C17H24FN5OS/c1-11(2)8-9-12(3)20-15(24)10-25-17-22-21-16(23(17)19)13-6-4-5-7-14(13)18/h4-7,11-12H,8-10,19H2,1-3H3,(H,20,24)/t12-/m1/s1. The van der Waals surface area contributed by atoms with Crippen molar-refractivity contribution in [3.05, 3.63) is 30.1 Å². The lowest BCUT2D eigenvalue weighted by atomic mass is 10.0. The summed E-state index contributed by atoms with van der Waals surface area (Å²) in [5, 5.41) is 11.2. The van der Waals surface area contributed by atoms with Crippen molar-refractivity contribution in [3.8, 4) is 11.4 Å². The maximum Gasteiger partial charge on any atom is 0.230 e. The summed E-state index contributed by atoms with van der Waals surface area (Å²) in [5.74, 6) is 6.46. The molecule has 0 aliphatic rings. The number of amides is 1. The average Bonchev–Trinajstić information content (AvgIpc) is 2.92. The van der Waals surface area contributed by atoms with E-state index in [-0.39, 0.29) is 29.1 Å². The minimum absolute atomic E-state index is 0.0864. The summed E-state index contributed by atoms with van der Waals surface area (Å²) in [7, 11) is 0. The van der Waals surface area contributed by atoms with Crippen LogP contribution in [0.25, 0.3) is 11.4 Å². The summed E-state index contributed by atoms with van der Waals surface area (Å²) in [6, 6.07) is 6.34. The Kier molecular flexibility index (Phi) is 6.81. The Bertz CT molecular complexity index is 719. The number of nitrogen functional groups attached to an aromatic ring is 1. The summed E-state index contributed by atoms with van der Waals surface area (Å²) >= 11 is 1.17. The Labute approximate surface area is 151 Å². The van der Waals surface area contributed by atoms with Crippen LogP contribution in [0.15, 0.2) is 29.4 Å². The molecule has 2 aromatic rings. The average molecular weight is 365 g/mol. The smallest absolute Gasteiger partial charge is 0.230 e. The van der Waals surface area contributed by atoms with Gasteiger partial charge in [0.2, 0.25) is 11.1 Å². The molecule has 136 valence electrons. The van der Waals surface area contributed by atoms with E-state index in [9.17, 15) is 9.18 Å². The summed E-state index contributed by atoms with van der Waals surface area (Å²) < 4.78 is 15.1. The van der Waals surface area contributed by atoms with Crippen LogP contribution in [0.2, 0.25) is 0 Å². The monoisotopic (exact) mass is 365 g/mol. The van der Waals surface area contributed by atoms with Crippen LogP contribution in [0.5, 0.6) is 0 Å². The van der Waals surface area contributed by atoms with Gasteiger partial charge in [-0.3, -0.25) is 4.79 Å². The summed E-state index contributed by atoms with van der Waals surface area (Å²) in [4.78, 5) is 12.0. The Morgan fingerprint density at radius 3 is 2.68 bits per heavy atom. The molecule has 0 aliphatic carbocycles. The van der Waals surface area contributed by atoms with E-state index in [1.807, 2.05) is 6.92 Å². The minimum Gasteiger partial charge on any atom is -0.353 e. The van der Waals surface area contributed by atoms with E-state index < -0.39 is 5.82 Å². The van der Waals surface area contributed by atoms with Gasteiger partial charge in [-0.05, 0) is 37.8 Å². The summed E-state index contributed by atoms with van der Waals surface area (Å²) in [6.07, 6.45) is 2.01. The number of rotatable bonds is 8. The predicted molar refractivity (Wildman–Crippen MR) is 98.0 cm³/mol. The number of nitrogens with zero attached hydrogens (tertiary/aromatic N) is 3. The number of nitrogens with one attached hydrogen (secondary N) is 1. The molecule has 0 spiro atoms. The van der Waals surface area contributed by atoms with Gasteiger partial charge in [-0.15, -0.1) is 10.2 Å². The maximum atomic E-state index is 13.8. The van der Waals surface area contributed by atoms with Gasteiger partial charge in [0.15, 0.2) is 5.82 Å². The third kappa shape index (κ3) is 5.45. The van der Waals surface area contributed by atoms with Gasteiger partial charge in [0.05, 0.1) is 11.3 Å². The zero-order valence-electron chi connectivity index (χ0n) is 14.7. The number of hydrogen-bond donors (Lipinski definition) is 2. The highest BCUT2D eigenvalue weighted by molar-refractivity contribution is 7.99. The zero-order valence-corrected chi connectivity index (χ0v) is 15.5. The molecule has 0 saturated carbocycles. The molecule has 0 bridgehead atoms. The second-order valence-corrected chi connectivity index (χ2v) is 7.33. The van der Waals surface area contributed by atoms with Crippen LogP contribution in [0, 0.1) is 11.7 Å². The van der Waals surface area contributed by atoms with Crippen LogP contribution in [-0.2, 0) is 4.79 Å². The molecule has 0 saturated heterocycles. The fourth-order valence-corrected chi connectivity index (χ4v) is 2.97. The lowest BCUT2D eigenvalue weighted by Gasteiger charge is -2.14. The van der Waals surface area contributed by atoms with Crippen molar-refractivity contribution in [3.63, 3.8) is 0 Å². The first-order chi connectivity index (χ1) is 11.9. The van der Waals surface area contributed by atoms with Crippen LogP contribution in [-0.4, -0.2) is 32.6 Å². The molecule has 1 atom stereocenters. The van der Waals surface area contributed by atoms with E-state index >= 15 is 0 Å². The molecular formula is C17H24FN5OS. The van der Waals surface area contributed by atoms with E-state index in [1.54, 1.807) is 18.2 Å². The van der Waals surface area contributed by atoms with E-state index in [0.717, 1.165) is 12.8 Å². The van der Waals surface area contributed by atoms with Gasteiger partial charge in [0.1, 0.15) is 5.82 Å². The summed E-state index contributed by atoms with van der Waals surface area (Å²) in [5.41, 5.74) is 0.274. The molecule has 1 aromatic carbocycles. The van der Waals surface area contributed by atoms with Crippen LogP contribution in [0.3, 0.4) is 0 Å². The Balaban J connectivity index is 1.92. The van der Waals surface area contributed by atoms with E-state index in [0.29, 0.717) is 11.1 Å². The number of hydrogen-bond acceptors (Lipinski definition) is 5. The SMILES string of the molecule is CC(C)CC[C@@H](C)NC(=O)CSc1nnc(-c2ccccc2F)n1N. The van der Waals surface area contributed by atoms with Gasteiger partial charge in [-0.2, -0.15) is 0 Å². The van der Waals surface area contributed by atoms with E-state index in [2.05, 4.69) is 29.4 Å². The fourth-order valence-electron chi connectivity index (χ4n) is 2.30. The van der Waals surface area contributed by atoms with Gasteiger partial charge in [0.25, 0.3) is 0 Å². The van der Waals surface area contributed by atoms with Crippen molar-refractivity contribution in [1.29, 1.82) is 0 Å². The van der Waals surface area contributed by atoms with Crippen LogP contribution < -0.4 is 11.2 Å². The molecule has 25 heavy (non-hydrogen) atoms. The zero-order chi connectivity index (χ0) is 18.4. The Morgan fingerprint density at radius 1 is 1.28 bits per heavy atom. The molecule has 2 rings (SSSR count). The highest BCUT2D eigenvalue weighted by atomic mass is 32.2. The number of carbonyl (C=O) groups is 1. The van der Waals surface area contributed by atoms with Crippen LogP contribution in [0.4, 0.5) is 4.39 Å². The molecule has 1 heterocycles. The third-order valence-corrected chi connectivity index (χ3v) is 4.64. The van der Waals surface area contributed by atoms with Gasteiger partial charge in [-0.1, -0.05) is 37.7 Å². The second kappa shape index (κ2) is 8.84. The third-order valence-electron chi connectivity index (χ3n) is 3.70. The number of nitrogens with two attached hydrogens (primary N) is 1. The van der Waals surface area contributed by atoms with Gasteiger partial charge in [0, 0.05) is 6.04 Å². The first-order valence-electron chi connectivity index (χ1n) is 8.26. The van der Waals surface area contributed by atoms with Crippen molar-refractivity contribution < 1.29 is 9.18 Å². The molecule has 0 unspecified atom stereocenters. The predicted octanol–water partition coefficient (Wildman–Crippen LogP) is 2.83. The Morgan fingerprint density at radius 2 is 2.00 bits per heavy atom. The van der Waals surface area contributed by atoms with Crippen molar-refractivity contribution in [2.45, 2.75) is 44.8 Å². The van der Waals surface area contributed by atoms with E-state index in [1.165, 1.54) is 22.5 Å². The van der Waals surface area contributed by atoms with Gasteiger partial charge >= 0.3 is 0 Å². The molecule has 0 aliphatic heterocycles. The normalized spacial score (nSPS) is 12.4. The highest BCUT2D eigenvalue weighted by Gasteiger charge is 2.16. The summed E-state index contributed by atoms with van der Waals surface area (Å²) in [6.45, 7) is 6.31. The molecule has 0 radical (unpaired) electrons. The lowest BCUT2D eigenvalue weighted by molar-refractivity contribution is -0.119. The van der Waals surface area contributed by atoms with Crippen molar-refractivity contribution >= 4 is 17.7 Å². The molecule has 1 amide bonds. The Hall–Kier alpha value is -2.09. The number of benzene rings is 1. The minimum atomic E-state index is -0.421. The van der Waals surface area contributed by atoms with Crippen molar-refractivity contribution in [2.24, 2.45) is 5.92 Å². The van der Waals surface area contributed by atoms with Crippen LogP contribution in [0.1, 0.15) is 33.6 Å². The number of aromatic nitrogens is 3. The quantitative estimate of drug-likeness (QED) is 0.555. The topological polar surface area (TPSA) is 85.8 Å². The largest absolute Gasteiger partial charge is 0.353 e. The number of halogens is 1. The van der Waals surface area contributed by atoms with Crippen molar-refractivity contribution in [1.82, 2.24) is 20.2 Å². The molecule has 6 nitrogen and oxygen atoms in total. The van der Waals surface area contributed by atoms with Crippen LogP contribution >= 0.6 is 11.8 Å².